The van der Waals surface area contributed by atoms with Crippen LogP contribution in [0.1, 0.15) is 38.3 Å². The fourth-order valence-electron chi connectivity index (χ4n) is 3.45. The van der Waals surface area contributed by atoms with Crippen LogP contribution in [0, 0.1) is 5.92 Å². The first-order chi connectivity index (χ1) is 13.5. The molecule has 1 aliphatic rings. The molecule has 28 heavy (non-hydrogen) atoms. The van der Waals surface area contributed by atoms with Crippen molar-refractivity contribution in [1.82, 2.24) is 5.32 Å². The lowest BCUT2D eigenvalue weighted by Crippen LogP contribution is -2.33. The standard InChI is InChI=1S/C23H30N2O3/c1-17-11-13-25(14-12-17)20-9-7-19(8-10-20)18(2)24-23(26)16-28-22-6-4-5-21(15-22)27-3/h4-10,15,17-18H,11-14,16H2,1-3H3,(H,24,26)/t18-/m0/s1. The predicted octanol–water partition coefficient (Wildman–Crippen LogP) is 4.19. The Labute approximate surface area is 167 Å². The molecule has 1 amide bonds. The second kappa shape index (κ2) is 9.49. The Hall–Kier alpha value is -2.69. The summed E-state index contributed by atoms with van der Waals surface area (Å²) in [7, 11) is 1.60. The van der Waals surface area contributed by atoms with Crippen molar-refractivity contribution in [2.75, 3.05) is 31.7 Å². The summed E-state index contributed by atoms with van der Waals surface area (Å²) < 4.78 is 10.7. The van der Waals surface area contributed by atoms with Crippen LogP contribution in [0.3, 0.4) is 0 Å². The molecule has 2 aromatic rings. The number of carbonyl (C=O) groups is 1. The van der Waals surface area contributed by atoms with Crippen molar-refractivity contribution in [3.05, 3.63) is 54.1 Å². The summed E-state index contributed by atoms with van der Waals surface area (Å²) in [4.78, 5) is 14.7. The molecule has 0 bridgehead atoms. The van der Waals surface area contributed by atoms with E-state index in [-0.39, 0.29) is 18.6 Å². The van der Waals surface area contributed by atoms with Crippen molar-refractivity contribution in [3.63, 3.8) is 0 Å². The van der Waals surface area contributed by atoms with Crippen molar-refractivity contribution in [1.29, 1.82) is 0 Å². The lowest BCUT2D eigenvalue weighted by Gasteiger charge is -2.32. The van der Waals surface area contributed by atoms with Crippen LogP contribution in [0.4, 0.5) is 5.69 Å². The number of ether oxygens (including phenoxy) is 2. The van der Waals surface area contributed by atoms with Gasteiger partial charge in [-0.1, -0.05) is 25.1 Å². The van der Waals surface area contributed by atoms with Crippen molar-refractivity contribution >= 4 is 11.6 Å². The molecule has 1 atom stereocenters. The lowest BCUT2D eigenvalue weighted by atomic mass is 9.98. The fraction of sp³-hybridized carbons (Fsp3) is 0.435. The van der Waals surface area contributed by atoms with E-state index in [4.69, 9.17) is 9.47 Å². The van der Waals surface area contributed by atoms with Gasteiger partial charge in [0, 0.05) is 24.8 Å². The predicted molar refractivity (Wildman–Crippen MR) is 112 cm³/mol. The molecule has 5 nitrogen and oxygen atoms in total. The molecule has 3 rings (SSSR count). The number of hydrogen-bond donors (Lipinski definition) is 1. The molecule has 0 saturated carbocycles. The van der Waals surface area contributed by atoms with Gasteiger partial charge in [-0.05, 0) is 55.5 Å². The van der Waals surface area contributed by atoms with Crippen molar-refractivity contribution in [2.45, 2.75) is 32.7 Å². The van der Waals surface area contributed by atoms with Crippen LogP contribution >= 0.6 is 0 Å². The highest BCUT2D eigenvalue weighted by Gasteiger charge is 2.16. The second-order valence-corrected chi connectivity index (χ2v) is 7.52. The van der Waals surface area contributed by atoms with E-state index >= 15 is 0 Å². The van der Waals surface area contributed by atoms with Gasteiger partial charge in [-0.2, -0.15) is 0 Å². The maximum atomic E-state index is 12.2. The molecular formula is C23H30N2O3. The molecule has 1 N–H and O–H groups in total. The summed E-state index contributed by atoms with van der Waals surface area (Å²) >= 11 is 0. The zero-order chi connectivity index (χ0) is 19.9. The summed E-state index contributed by atoms with van der Waals surface area (Å²) in [5, 5.41) is 2.99. The van der Waals surface area contributed by atoms with Gasteiger partial charge in [-0.15, -0.1) is 0 Å². The quantitative estimate of drug-likeness (QED) is 0.780. The summed E-state index contributed by atoms with van der Waals surface area (Å²) in [6.07, 6.45) is 2.50. The van der Waals surface area contributed by atoms with Crippen LogP contribution < -0.4 is 19.7 Å². The van der Waals surface area contributed by atoms with Crippen molar-refractivity contribution in [3.8, 4) is 11.5 Å². The molecule has 5 heteroatoms. The van der Waals surface area contributed by atoms with Crippen LogP contribution in [-0.2, 0) is 4.79 Å². The third kappa shape index (κ3) is 5.41. The third-order valence-corrected chi connectivity index (χ3v) is 5.33. The van der Waals surface area contributed by atoms with Gasteiger partial charge < -0.3 is 19.7 Å². The summed E-state index contributed by atoms with van der Waals surface area (Å²) in [6.45, 7) is 6.52. The zero-order valence-corrected chi connectivity index (χ0v) is 17.0. The van der Waals surface area contributed by atoms with Crippen LogP contribution in [-0.4, -0.2) is 32.7 Å². The summed E-state index contributed by atoms with van der Waals surface area (Å²) in [5.74, 6) is 1.99. The minimum absolute atomic E-state index is 0.0262. The number of nitrogens with one attached hydrogen (secondary N) is 1. The van der Waals surface area contributed by atoms with Crippen LogP contribution in [0.5, 0.6) is 11.5 Å². The number of benzene rings is 2. The number of carbonyl (C=O) groups excluding carboxylic acids is 1. The number of anilines is 1. The average molecular weight is 383 g/mol. The number of piperidine rings is 1. The lowest BCUT2D eigenvalue weighted by molar-refractivity contribution is -0.123. The highest BCUT2D eigenvalue weighted by Crippen LogP contribution is 2.24. The van der Waals surface area contributed by atoms with Gasteiger partial charge in [-0.25, -0.2) is 0 Å². The SMILES string of the molecule is COc1cccc(OCC(=O)N[C@@H](C)c2ccc(N3CCC(C)CC3)cc2)c1. The molecule has 0 aromatic heterocycles. The van der Waals surface area contributed by atoms with Crippen molar-refractivity contribution < 1.29 is 14.3 Å². The number of rotatable bonds is 7. The van der Waals surface area contributed by atoms with Crippen LogP contribution in [0.15, 0.2) is 48.5 Å². The topological polar surface area (TPSA) is 50.8 Å². The van der Waals surface area contributed by atoms with E-state index in [9.17, 15) is 4.79 Å². The molecular weight excluding hydrogens is 352 g/mol. The molecule has 1 fully saturated rings. The van der Waals surface area contributed by atoms with Crippen molar-refractivity contribution in [2.24, 2.45) is 5.92 Å². The molecule has 0 radical (unpaired) electrons. The molecule has 0 unspecified atom stereocenters. The molecule has 150 valence electrons. The van der Waals surface area contributed by atoms with Gasteiger partial charge in [0.05, 0.1) is 13.2 Å². The Morgan fingerprint density at radius 3 is 2.50 bits per heavy atom. The molecule has 0 aliphatic carbocycles. The monoisotopic (exact) mass is 382 g/mol. The van der Waals surface area contributed by atoms with E-state index in [1.165, 1.54) is 18.5 Å². The Morgan fingerprint density at radius 1 is 1.14 bits per heavy atom. The maximum Gasteiger partial charge on any atom is 0.258 e. The van der Waals surface area contributed by atoms with E-state index in [0.717, 1.165) is 24.6 Å². The molecule has 1 saturated heterocycles. The smallest absolute Gasteiger partial charge is 0.258 e. The zero-order valence-electron chi connectivity index (χ0n) is 17.0. The van der Waals surface area contributed by atoms with Crippen LogP contribution in [0.2, 0.25) is 0 Å². The van der Waals surface area contributed by atoms with E-state index in [1.807, 2.05) is 19.1 Å². The Balaban J connectivity index is 1.49. The normalized spacial score (nSPS) is 15.8. The van der Waals surface area contributed by atoms with E-state index in [0.29, 0.717) is 11.5 Å². The number of nitrogens with zero attached hydrogens (tertiary/aromatic N) is 1. The average Bonchev–Trinajstić information content (AvgIpc) is 2.73. The number of hydrogen-bond acceptors (Lipinski definition) is 4. The van der Waals surface area contributed by atoms with Gasteiger partial charge in [-0.3, -0.25) is 4.79 Å². The molecule has 2 aromatic carbocycles. The highest BCUT2D eigenvalue weighted by atomic mass is 16.5. The first-order valence-electron chi connectivity index (χ1n) is 9.96. The highest BCUT2D eigenvalue weighted by molar-refractivity contribution is 5.78. The third-order valence-electron chi connectivity index (χ3n) is 5.33. The van der Waals surface area contributed by atoms with Gasteiger partial charge in [0.25, 0.3) is 5.91 Å². The second-order valence-electron chi connectivity index (χ2n) is 7.52. The van der Waals surface area contributed by atoms with Gasteiger partial charge in [0.2, 0.25) is 0 Å². The van der Waals surface area contributed by atoms with Gasteiger partial charge in [0.1, 0.15) is 11.5 Å². The minimum atomic E-state index is -0.149. The van der Waals surface area contributed by atoms with Gasteiger partial charge >= 0.3 is 0 Å². The minimum Gasteiger partial charge on any atom is -0.497 e. The Kier molecular flexibility index (Phi) is 6.80. The first kappa shape index (κ1) is 20.1. The fourth-order valence-corrected chi connectivity index (χ4v) is 3.45. The largest absolute Gasteiger partial charge is 0.497 e. The summed E-state index contributed by atoms with van der Waals surface area (Å²) in [6, 6.07) is 15.7. The number of amides is 1. The maximum absolute atomic E-state index is 12.2. The molecule has 1 heterocycles. The molecule has 1 aliphatic heterocycles. The first-order valence-corrected chi connectivity index (χ1v) is 9.96. The molecule has 0 spiro atoms. The number of methoxy groups -OCH3 is 1. The van der Waals surface area contributed by atoms with Crippen LogP contribution in [0.25, 0.3) is 0 Å². The Morgan fingerprint density at radius 2 is 1.82 bits per heavy atom. The van der Waals surface area contributed by atoms with E-state index in [2.05, 4.69) is 41.4 Å². The summed E-state index contributed by atoms with van der Waals surface area (Å²) in [5.41, 5.74) is 2.35. The Bertz CT molecular complexity index is 768. The van der Waals surface area contributed by atoms with E-state index in [1.54, 1.807) is 19.2 Å². The van der Waals surface area contributed by atoms with Gasteiger partial charge in [0.15, 0.2) is 6.61 Å². The van der Waals surface area contributed by atoms with E-state index < -0.39 is 0 Å².